The van der Waals surface area contributed by atoms with E-state index >= 15 is 0 Å². The van der Waals surface area contributed by atoms with Gasteiger partial charge in [-0.3, -0.25) is 0 Å². The molecule has 1 aromatic heterocycles. The van der Waals surface area contributed by atoms with Gasteiger partial charge in [0.05, 0.1) is 30.0 Å². The van der Waals surface area contributed by atoms with Crippen LogP contribution >= 0.6 is 0 Å². The van der Waals surface area contributed by atoms with E-state index < -0.39 is 11.9 Å². The van der Waals surface area contributed by atoms with E-state index in [4.69, 9.17) is 15.2 Å². The highest BCUT2D eigenvalue weighted by Crippen LogP contribution is 2.42. The molecule has 0 spiro atoms. The largest absolute Gasteiger partial charge is 0.466 e. The van der Waals surface area contributed by atoms with E-state index in [-0.39, 0.29) is 17.0 Å². The SMILES string of the molecule is COC(=O)C1=C(C)OC(N)=C(C#N)[C@@H]1c1c(C)nn(-c2ccccc2)c1C. The van der Waals surface area contributed by atoms with Crippen LogP contribution < -0.4 is 5.73 Å². The number of rotatable bonds is 3. The molecular formula is C20H20N4O3. The number of hydrogen-bond donors (Lipinski definition) is 1. The number of benzene rings is 1. The quantitative estimate of drug-likeness (QED) is 0.840. The number of allylic oxidation sites excluding steroid dienone is 2. The smallest absolute Gasteiger partial charge is 0.338 e. The molecule has 0 saturated heterocycles. The lowest BCUT2D eigenvalue weighted by Crippen LogP contribution is -2.25. The second kappa shape index (κ2) is 7.00. The van der Waals surface area contributed by atoms with Crippen LogP contribution in [0.1, 0.15) is 29.8 Å². The van der Waals surface area contributed by atoms with Gasteiger partial charge in [0, 0.05) is 11.3 Å². The molecule has 0 amide bonds. The van der Waals surface area contributed by atoms with Crippen molar-refractivity contribution in [3.8, 4) is 11.8 Å². The van der Waals surface area contributed by atoms with Gasteiger partial charge in [-0.25, -0.2) is 9.48 Å². The zero-order chi connectivity index (χ0) is 19.7. The minimum atomic E-state index is -0.700. The van der Waals surface area contributed by atoms with Crippen molar-refractivity contribution >= 4 is 5.97 Å². The number of ether oxygens (including phenoxy) is 2. The van der Waals surface area contributed by atoms with E-state index in [1.165, 1.54) is 7.11 Å². The molecule has 1 atom stereocenters. The van der Waals surface area contributed by atoms with Gasteiger partial charge < -0.3 is 15.2 Å². The van der Waals surface area contributed by atoms with Crippen molar-refractivity contribution in [1.82, 2.24) is 9.78 Å². The van der Waals surface area contributed by atoms with Crippen LogP contribution in [0, 0.1) is 25.2 Å². The lowest BCUT2D eigenvalue weighted by Gasteiger charge is -2.26. The highest BCUT2D eigenvalue weighted by molar-refractivity contribution is 5.92. The first-order valence-corrected chi connectivity index (χ1v) is 8.38. The fourth-order valence-electron chi connectivity index (χ4n) is 3.44. The Kier molecular flexibility index (Phi) is 4.74. The Morgan fingerprint density at radius 3 is 2.56 bits per heavy atom. The van der Waals surface area contributed by atoms with Gasteiger partial charge in [-0.2, -0.15) is 10.4 Å². The number of aryl methyl sites for hydroxylation is 1. The van der Waals surface area contributed by atoms with E-state index in [1.807, 2.05) is 44.2 Å². The summed E-state index contributed by atoms with van der Waals surface area (Å²) < 4.78 is 12.2. The number of methoxy groups -OCH3 is 1. The lowest BCUT2D eigenvalue weighted by atomic mass is 9.82. The fraction of sp³-hybridized carbons (Fsp3) is 0.250. The number of aromatic nitrogens is 2. The maximum atomic E-state index is 12.5. The van der Waals surface area contributed by atoms with Gasteiger partial charge in [-0.1, -0.05) is 18.2 Å². The topological polar surface area (TPSA) is 103 Å². The molecule has 0 radical (unpaired) electrons. The molecule has 27 heavy (non-hydrogen) atoms. The molecule has 1 aromatic carbocycles. The molecule has 2 aromatic rings. The number of nitriles is 1. The number of hydrogen-bond acceptors (Lipinski definition) is 6. The van der Waals surface area contributed by atoms with Crippen molar-refractivity contribution in [3.63, 3.8) is 0 Å². The number of nitrogens with zero attached hydrogens (tertiary/aromatic N) is 3. The Balaban J connectivity index is 2.26. The average molecular weight is 364 g/mol. The summed E-state index contributed by atoms with van der Waals surface area (Å²) in [6.07, 6.45) is 0. The zero-order valence-electron chi connectivity index (χ0n) is 15.6. The predicted molar refractivity (Wildman–Crippen MR) is 98.4 cm³/mol. The van der Waals surface area contributed by atoms with Gasteiger partial charge in [0.1, 0.15) is 17.4 Å². The van der Waals surface area contributed by atoms with E-state index in [1.54, 1.807) is 11.6 Å². The Hall–Kier alpha value is -3.53. The predicted octanol–water partition coefficient (Wildman–Crippen LogP) is 2.74. The Labute approximate surface area is 157 Å². The molecule has 7 nitrogen and oxygen atoms in total. The lowest BCUT2D eigenvalue weighted by molar-refractivity contribution is -0.136. The number of carbonyl (C=O) groups is 1. The maximum absolute atomic E-state index is 12.5. The summed E-state index contributed by atoms with van der Waals surface area (Å²) in [7, 11) is 1.29. The number of esters is 1. The Morgan fingerprint density at radius 2 is 1.96 bits per heavy atom. The summed E-state index contributed by atoms with van der Waals surface area (Å²) in [6.45, 7) is 5.37. The van der Waals surface area contributed by atoms with Crippen molar-refractivity contribution in [3.05, 3.63) is 70.1 Å². The summed E-state index contributed by atoms with van der Waals surface area (Å²) in [5, 5.41) is 14.3. The summed E-state index contributed by atoms with van der Waals surface area (Å²) >= 11 is 0. The molecule has 2 heterocycles. The third kappa shape index (κ3) is 2.95. The second-order valence-corrected chi connectivity index (χ2v) is 6.22. The first-order valence-electron chi connectivity index (χ1n) is 8.38. The van der Waals surface area contributed by atoms with Crippen LogP contribution in [0.4, 0.5) is 0 Å². The first-order chi connectivity index (χ1) is 12.9. The summed E-state index contributed by atoms with van der Waals surface area (Å²) in [6, 6.07) is 11.7. The van der Waals surface area contributed by atoms with Crippen LogP contribution in [0.3, 0.4) is 0 Å². The van der Waals surface area contributed by atoms with Crippen LogP contribution in [-0.2, 0) is 14.3 Å². The van der Waals surface area contributed by atoms with Gasteiger partial charge in [0.15, 0.2) is 0 Å². The standard InChI is InChI=1S/C20H20N4O3/c1-11-16(12(2)24(23-11)14-8-6-5-7-9-14)18-15(10-21)19(22)27-13(3)17(18)20(25)26-4/h5-9,18H,22H2,1-4H3/t18-/m1/s1. The molecule has 0 aliphatic carbocycles. The van der Waals surface area contributed by atoms with Gasteiger partial charge in [-0.05, 0) is 32.9 Å². The molecule has 2 N–H and O–H groups in total. The van der Waals surface area contributed by atoms with Crippen LogP contribution in [0.25, 0.3) is 5.69 Å². The van der Waals surface area contributed by atoms with Crippen LogP contribution in [0.5, 0.6) is 0 Å². The van der Waals surface area contributed by atoms with Crippen molar-refractivity contribution in [1.29, 1.82) is 5.26 Å². The number of carbonyl (C=O) groups excluding carboxylic acids is 1. The number of nitrogens with two attached hydrogens (primary N) is 1. The van der Waals surface area contributed by atoms with Crippen molar-refractivity contribution < 1.29 is 14.3 Å². The van der Waals surface area contributed by atoms with E-state index in [9.17, 15) is 10.1 Å². The van der Waals surface area contributed by atoms with Crippen molar-refractivity contribution in [2.24, 2.45) is 5.73 Å². The minimum Gasteiger partial charge on any atom is -0.466 e. The third-order valence-electron chi connectivity index (χ3n) is 4.65. The molecule has 7 heteroatoms. The Morgan fingerprint density at radius 1 is 1.30 bits per heavy atom. The second-order valence-electron chi connectivity index (χ2n) is 6.22. The van der Waals surface area contributed by atoms with Crippen molar-refractivity contribution in [2.45, 2.75) is 26.7 Å². The zero-order valence-corrected chi connectivity index (χ0v) is 15.6. The molecule has 0 bridgehead atoms. The molecule has 138 valence electrons. The highest BCUT2D eigenvalue weighted by atomic mass is 16.5. The van der Waals surface area contributed by atoms with Gasteiger partial charge in [-0.15, -0.1) is 0 Å². The fourth-order valence-corrected chi connectivity index (χ4v) is 3.44. The molecule has 1 aliphatic heterocycles. The highest BCUT2D eigenvalue weighted by Gasteiger charge is 2.39. The normalized spacial score (nSPS) is 16.8. The first kappa shape index (κ1) is 18.3. The monoisotopic (exact) mass is 364 g/mol. The molecule has 0 unspecified atom stereocenters. The minimum absolute atomic E-state index is 0.0149. The van der Waals surface area contributed by atoms with Gasteiger partial charge in [0.2, 0.25) is 5.88 Å². The van der Waals surface area contributed by atoms with Crippen LogP contribution in [0.15, 0.2) is 53.1 Å². The van der Waals surface area contributed by atoms with E-state index in [0.717, 1.165) is 16.9 Å². The number of para-hydroxylation sites is 1. The molecule has 1 aliphatic rings. The van der Waals surface area contributed by atoms with Crippen molar-refractivity contribution in [2.75, 3.05) is 7.11 Å². The summed E-state index contributed by atoms with van der Waals surface area (Å²) in [4.78, 5) is 12.5. The third-order valence-corrected chi connectivity index (χ3v) is 4.65. The van der Waals surface area contributed by atoms with E-state index in [0.29, 0.717) is 11.5 Å². The van der Waals surface area contributed by atoms with Gasteiger partial charge >= 0.3 is 5.97 Å². The summed E-state index contributed by atoms with van der Waals surface area (Å²) in [5.74, 6) is -0.966. The van der Waals surface area contributed by atoms with Crippen LogP contribution in [0.2, 0.25) is 0 Å². The molecule has 3 rings (SSSR count). The van der Waals surface area contributed by atoms with Gasteiger partial charge in [0.25, 0.3) is 0 Å². The van der Waals surface area contributed by atoms with E-state index in [2.05, 4.69) is 11.2 Å². The Bertz CT molecular complexity index is 1010. The molecule has 0 saturated carbocycles. The van der Waals surface area contributed by atoms with Crippen LogP contribution in [-0.4, -0.2) is 22.9 Å². The molecule has 0 fully saturated rings. The maximum Gasteiger partial charge on any atom is 0.338 e. The summed E-state index contributed by atoms with van der Waals surface area (Å²) in [5.41, 5.74) is 9.49. The molecular weight excluding hydrogens is 344 g/mol. The average Bonchev–Trinajstić information content (AvgIpc) is 2.95.